The Kier molecular flexibility index (Phi) is 2.91. The molecule has 2 heterocycles. The lowest BCUT2D eigenvalue weighted by molar-refractivity contribution is 0.887. The molecule has 96 valence electrons. The van der Waals surface area contributed by atoms with Crippen LogP contribution in [0.2, 0.25) is 0 Å². The van der Waals surface area contributed by atoms with Gasteiger partial charge in [-0.2, -0.15) is 0 Å². The number of rotatable bonds is 3. The molecule has 3 rings (SSSR count). The van der Waals surface area contributed by atoms with Gasteiger partial charge in [0.05, 0.1) is 11.9 Å². The minimum atomic E-state index is 0.329. The molecule has 0 saturated heterocycles. The first kappa shape index (κ1) is 11.7. The van der Waals surface area contributed by atoms with Gasteiger partial charge in [0.1, 0.15) is 0 Å². The van der Waals surface area contributed by atoms with Gasteiger partial charge in [-0.05, 0) is 13.8 Å². The van der Waals surface area contributed by atoms with Crippen molar-refractivity contribution in [3.05, 3.63) is 48.9 Å². The maximum absolute atomic E-state index is 4.49. The summed E-state index contributed by atoms with van der Waals surface area (Å²) in [6.07, 6.45) is 5.62. The van der Waals surface area contributed by atoms with Crippen LogP contribution >= 0.6 is 0 Å². The summed E-state index contributed by atoms with van der Waals surface area (Å²) in [7, 11) is 0. The first-order valence-corrected chi connectivity index (χ1v) is 6.40. The van der Waals surface area contributed by atoms with Gasteiger partial charge in [0.15, 0.2) is 11.5 Å². The lowest BCUT2D eigenvalue weighted by Crippen LogP contribution is -2.12. The first-order valence-electron chi connectivity index (χ1n) is 6.40. The lowest BCUT2D eigenvalue weighted by Gasteiger charge is -2.10. The quantitative estimate of drug-likeness (QED) is 0.778. The summed E-state index contributed by atoms with van der Waals surface area (Å²) < 4.78 is 2.06. The Morgan fingerprint density at radius 1 is 1.11 bits per heavy atom. The van der Waals surface area contributed by atoms with Crippen LogP contribution < -0.4 is 5.32 Å². The van der Waals surface area contributed by atoms with Crippen molar-refractivity contribution in [3.8, 4) is 11.3 Å². The average molecular weight is 252 g/mol. The van der Waals surface area contributed by atoms with Crippen molar-refractivity contribution in [2.24, 2.45) is 0 Å². The van der Waals surface area contributed by atoms with E-state index in [0.29, 0.717) is 6.04 Å². The van der Waals surface area contributed by atoms with E-state index in [0.717, 1.165) is 22.7 Å². The van der Waals surface area contributed by atoms with Crippen LogP contribution in [0.1, 0.15) is 13.8 Å². The Hall–Kier alpha value is -2.36. The normalized spacial score (nSPS) is 11.1. The Morgan fingerprint density at radius 3 is 2.63 bits per heavy atom. The number of nitrogens with one attached hydrogen (secondary N) is 1. The van der Waals surface area contributed by atoms with Crippen molar-refractivity contribution in [2.45, 2.75) is 19.9 Å². The van der Waals surface area contributed by atoms with Crippen LogP contribution in [-0.2, 0) is 0 Å². The first-order chi connectivity index (χ1) is 9.25. The lowest BCUT2D eigenvalue weighted by atomic mass is 10.2. The second kappa shape index (κ2) is 4.72. The van der Waals surface area contributed by atoms with E-state index in [1.165, 1.54) is 0 Å². The third-order valence-electron chi connectivity index (χ3n) is 2.92. The predicted octanol–water partition coefficient (Wildman–Crippen LogP) is 3.22. The minimum Gasteiger partial charge on any atom is -0.365 e. The van der Waals surface area contributed by atoms with Gasteiger partial charge in [0.25, 0.3) is 0 Å². The number of nitrogens with zero attached hydrogens (tertiary/aromatic N) is 3. The molecule has 2 aromatic heterocycles. The predicted molar refractivity (Wildman–Crippen MR) is 77.2 cm³/mol. The monoisotopic (exact) mass is 252 g/mol. The number of aromatic nitrogens is 3. The molecule has 0 unspecified atom stereocenters. The van der Waals surface area contributed by atoms with Gasteiger partial charge in [0, 0.05) is 24.0 Å². The van der Waals surface area contributed by atoms with Gasteiger partial charge in [-0.1, -0.05) is 30.3 Å². The van der Waals surface area contributed by atoms with Gasteiger partial charge in [0.2, 0.25) is 0 Å². The molecule has 4 heteroatoms. The molecule has 0 aliphatic heterocycles. The van der Waals surface area contributed by atoms with Crippen molar-refractivity contribution < 1.29 is 0 Å². The molecule has 0 spiro atoms. The second-order valence-corrected chi connectivity index (χ2v) is 4.78. The van der Waals surface area contributed by atoms with Crippen molar-refractivity contribution in [2.75, 3.05) is 5.32 Å². The van der Waals surface area contributed by atoms with Crippen LogP contribution in [0.3, 0.4) is 0 Å². The second-order valence-electron chi connectivity index (χ2n) is 4.78. The molecule has 1 N–H and O–H groups in total. The topological polar surface area (TPSA) is 42.2 Å². The molecular weight excluding hydrogens is 236 g/mol. The summed E-state index contributed by atoms with van der Waals surface area (Å²) in [5, 5.41) is 3.32. The van der Waals surface area contributed by atoms with Crippen LogP contribution in [0, 0.1) is 0 Å². The molecular formula is C15H16N4. The molecule has 0 radical (unpaired) electrons. The van der Waals surface area contributed by atoms with E-state index in [-0.39, 0.29) is 0 Å². The molecule has 0 atom stereocenters. The summed E-state index contributed by atoms with van der Waals surface area (Å²) in [5.41, 5.74) is 3.08. The highest BCUT2D eigenvalue weighted by atomic mass is 15.1. The van der Waals surface area contributed by atoms with E-state index in [9.17, 15) is 0 Å². The Labute approximate surface area is 112 Å². The molecule has 19 heavy (non-hydrogen) atoms. The summed E-state index contributed by atoms with van der Waals surface area (Å²) in [4.78, 5) is 8.85. The van der Waals surface area contributed by atoms with E-state index in [1.54, 1.807) is 6.20 Å². The van der Waals surface area contributed by atoms with Crippen LogP contribution in [0.4, 0.5) is 5.82 Å². The smallest absolute Gasteiger partial charge is 0.180 e. The molecule has 0 amide bonds. The number of imidazole rings is 1. The highest BCUT2D eigenvalue weighted by Crippen LogP contribution is 2.23. The number of hydrogen-bond donors (Lipinski definition) is 1. The maximum Gasteiger partial charge on any atom is 0.180 e. The Balaban J connectivity index is 2.14. The fourth-order valence-electron chi connectivity index (χ4n) is 2.12. The fourth-order valence-corrected chi connectivity index (χ4v) is 2.12. The fraction of sp³-hybridized carbons (Fsp3) is 0.200. The van der Waals surface area contributed by atoms with Crippen LogP contribution in [0.25, 0.3) is 16.9 Å². The van der Waals surface area contributed by atoms with Crippen molar-refractivity contribution in [3.63, 3.8) is 0 Å². The summed E-state index contributed by atoms with van der Waals surface area (Å²) in [6.45, 7) is 4.18. The van der Waals surface area contributed by atoms with Gasteiger partial charge < -0.3 is 5.32 Å². The molecule has 0 bridgehead atoms. The van der Waals surface area contributed by atoms with Gasteiger partial charge in [-0.3, -0.25) is 4.40 Å². The summed E-state index contributed by atoms with van der Waals surface area (Å²) >= 11 is 0. The van der Waals surface area contributed by atoms with Crippen molar-refractivity contribution in [1.29, 1.82) is 0 Å². The largest absolute Gasteiger partial charge is 0.365 e. The zero-order chi connectivity index (χ0) is 13.2. The third kappa shape index (κ3) is 2.17. The molecule has 1 aromatic carbocycles. The van der Waals surface area contributed by atoms with Crippen LogP contribution in [-0.4, -0.2) is 20.4 Å². The molecule has 0 aliphatic carbocycles. The molecule has 0 fully saturated rings. The number of hydrogen-bond acceptors (Lipinski definition) is 3. The van der Waals surface area contributed by atoms with E-state index in [1.807, 2.05) is 30.6 Å². The zero-order valence-corrected chi connectivity index (χ0v) is 11.0. The van der Waals surface area contributed by atoms with Gasteiger partial charge in [-0.25, -0.2) is 9.97 Å². The van der Waals surface area contributed by atoms with Gasteiger partial charge in [-0.15, -0.1) is 0 Å². The minimum absolute atomic E-state index is 0.329. The third-order valence-corrected chi connectivity index (χ3v) is 2.92. The van der Waals surface area contributed by atoms with Crippen LogP contribution in [0.5, 0.6) is 0 Å². The summed E-state index contributed by atoms with van der Waals surface area (Å²) in [6, 6.07) is 10.6. The highest BCUT2D eigenvalue weighted by molar-refractivity contribution is 5.70. The standard InChI is InChI=1S/C15H16N4/c1-11(2)18-14-15-17-10-13(19(15)9-8-16-14)12-6-4-3-5-7-12/h3-11H,1-2H3,(H,16,18). The van der Waals surface area contributed by atoms with E-state index in [2.05, 4.69) is 45.7 Å². The maximum atomic E-state index is 4.49. The highest BCUT2D eigenvalue weighted by Gasteiger charge is 2.10. The zero-order valence-electron chi connectivity index (χ0n) is 11.0. The summed E-state index contributed by atoms with van der Waals surface area (Å²) in [5.74, 6) is 0.819. The Bertz CT molecular complexity index is 686. The number of anilines is 1. The van der Waals surface area contributed by atoms with Crippen molar-refractivity contribution in [1.82, 2.24) is 14.4 Å². The van der Waals surface area contributed by atoms with E-state index in [4.69, 9.17) is 0 Å². The molecule has 4 nitrogen and oxygen atoms in total. The van der Waals surface area contributed by atoms with E-state index < -0.39 is 0 Å². The number of benzene rings is 1. The van der Waals surface area contributed by atoms with Crippen LogP contribution in [0.15, 0.2) is 48.9 Å². The number of fused-ring (bicyclic) bond motifs is 1. The molecule has 3 aromatic rings. The van der Waals surface area contributed by atoms with Crippen molar-refractivity contribution >= 4 is 11.5 Å². The molecule has 0 aliphatic rings. The SMILES string of the molecule is CC(C)Nc1nccn2c(-c3ccccc3)cnc12. The average Bonchev–Trinajstić information content (AvgIpc) is 2.84. The Morgan fingerprint density at radius 2 is 1.89 bits per heavy atom. The van der Waals surface area contributed by atoms with Gasteiger partial charge >= 0.3 is 0 Å². The molecule has 0 saturated carbocycles. The van der Waals surface area contributed by atoms with E-state index >= 15 is 0 Å².